The fraction of sp³-hybridized carbons (Fsp3) is 0.684. The van der Waals surface area contributed by atoms with Crippen LogP contribution in [0.2, 0.25) is 18.1 Å². The van der Waals surface area contributed by atoms with Crippen LogP contribution in [0.4, 0.5) is 0 Å². The van der Waals surface area contributed by atoms with Crippen molar-refractivity contribution in [3.05, 3.63) is 29.8 Å². The highest BCUT2D eigenvalue weighted by Gasteiger charge is 2.46. The molecule has 0 unspecified atom stereocenters. The average Bonchev–Trinajstić information content (AvgIpc) is 2.48. The third kappa shape index (κ3) is 3.98. The Morgan fingerprint density at radius 1 is 1.04 bits per heavy atom. The second kappa shape index (κ2) is 6.58. The molecule has 1 aromatic rings. The lowest BCUT2D eigenvalue weighted by atomic mass is 9.84. The molecule has 1 saturated heterocycles. The summed E-state index contributed by atoms with van der Waals surface area (Å²) in [6.07, 6.45) is 2.12. The van der Waals surface area contributed by atoms with Crippen LogP contribution < -0.4 is 4.74 Å². The Hall–Kier alpha value is -0.843. The largest absolute Gasteiger partial charge is 0.497 e. The zero-order chi connectivity index (χ0) is 17.3. The number of piperidine rings is 1. The van der Waals surface area contributed by atoms with Crippen molar-refractivity contribution in [3.63, 3.8) is 0 Å². The van der Waals surface area contributed by atoms with Gasteiger partial charge in [-0.25, -0.2) is 0 Å². The Balaban J connectivity index is 2.36. The van der Waals surface area contributed by atoms with Gasteiger partial charge in [0.15, 0.2) is 8.32 Å². The molecule has 23 heavy (non-hydrogen) atoms. The van der Waals surface area contributed by atoms with Crippen LogP contribution in [0, 0.1) is 0 Å². The third-order valence-corrected chi connectivity index (χ3v) is 10.2. The quantitative estimate of drug-likeness (QED) is 0.748. The summed E-state index contributed by atoms with van der Waals surface area (Å²) < 4.78 is 12.3. The van der Waals surface area contributed by atoms with E-state index in [-0.39, 0.29) is 10.6 Å². The smallest absolute Gasteiger partial charge is 0.193 e. The van der Waals surface area contributed by atoms with Gasteiger partial charge in [0.1, 0.15) is 5.75 Å². The molecule has 0 amide bonds. The second-order valence-corrected chi connectivity index (χ2v) is 13.1. The SMILES string of the molecule is COc1ccc(C2(O[Si](C)(C)C(C)(C)C)CCN(C)CC2)cc1. The molecule has 1 aliphatic rings. The highest BCUT2D eigenvalue weighted by molar-refractivity contribution is 6.74. The van der Waals surface area contributed by atoms with Gasteiger partial charge in [-0.05, 0) is 55.7 Å². The number of benzene rings is 1. The summed E-state index contributed by atoms with van der Waals surface area (Å²) in [5.74, 6) is 0.907. The molecule has 0 N–H and O–H groups in total. The van der Waals surface area contributed by atoms with E-state index in [4.69, 9.17) is 9.16 Å². The Labute approximate surface area is 143 Å². The summed E-state index contributed by atoms with van der Waals surface area (Å²) in [5, 5.41) is 0.218. The van der Waals surface area contributed by atoms with Gasteiger partial charge in [-0.3, -0.25) is 0 Å². The van der Waals surface area contributed by atoms with E-state index in [0.29, 0.717) is 0 Å². The highest BCUT2D eigenvalue weighted by Crippen LogP contribution is 2.46. The van der Waals surface area contributed by atoms with E-state index in [2.05, 4.69) is 70.1 Å². The molecule has 0 radical (unpaired) electrons. The molecule has 1 aliphatic heterocycles. The Morgan fingerprint density at radius 3 is 2.00 bits per heavy atom. The molecule has 1 fully saturated rings. The molecule has 2 rings (SSSR count). The van der Waals surface area contributed by atoms with E-state index >= 15 is 0 Å². The highest BCUT2D eigenvalue weighted by atomic mass is 28.4. The lowest BCUT2D eigenvalue weighted by Gasteiger charge is -2.49. The van der Waals surface area contributed by atoms with Crippen molar-refractivity contribution in [1.29, 1.82) is 0 Å². The second-order valence-electron chi connectivity index (χ2n) is 8.39. The lowest BCUT2D eigenvalue weighted by Crippen LogP contribution is -2.52. The van der Waals surface area contributed by atoms with Gasteiger partial charge >= 0.3 is 0 Å². The standard InChI is InChI=1S/C19H33NO2Si/c1-18(2,3)23(6,7)22-19(12-14-20(4)15-13-19)16-8-10-17(21-5)11-9-16/h8-11H,12-15H2,1-7H3. The summed E-state index contributed by atoms with van der Waals surface area (Å²) in [6, 6.07) is 8.50. The molecule has 0 spiro atoms. The summed E-state index contributed by atoms with van der Waals surface area (Å²) >= 11 is 0. The van der Waals surface area contributed by atoms with Gasteiger partial charge in [-0.1, -0.05) is 32.9 Å². The minimum atomic E-state index is -1.84. The number of likely N-dealkylation sites (tertiary alicyclic amines) is 1. The molecule has 130 valence electrons. The number of hydrogen-bond donors (Lipinski definition) is 0. The Bertz CT molecular complexity index is 511. The van der Waals surface area contributed by atoms with Crippen LogP contribution in [0.3, 0.4) is 0 Å². The van der Waals surface area contributed by atoms with Crippen molar-refractivity contribution in [2.24, 2.45) is 0 Å². The fourth-order valence-corrected chi connectivity index (χ4v) is 4.57. The van der Waals surface area contributed by atoms with Crippen LogP contribution in [0.1, 0.15) is 39.2 Å². The third-order valence-electron chi connectivity index (χ3n) is 5.67. The van der Waals surface area contributed by atoms with Crippen molar-refractivity contribution in [3.8, 4) is 5.75 Å². The minimum Gasteiger partial charge on any atom is -0.497 e. The molecular formula is C19H33NO2Si. The van der Waals surface area contributed by atoms with Crippen LogP contribution in [-0.2, 0) is 10.0 Å². The van der Waals surface area contributed by atoms with Crippen LogP contribution >= 0.6 is 0 Å². The van der Waals surface area contributed by atoms with Crippen molar-refractivity contribution in [2.45, 2.75) is 57.3 Å². The zero-order valence-electron chi connectivity index (χ0n) is 15.9. The van der Waals surface area contributed by atoms with E-state index in [9.17, 15) is 0 Å². The van der Waals surface area contributed by atoms with E-state index in [1.165, 1.54) is 5.56 Å². The molecule has 0 saturated carbocycles. The molecule has 1 heterocycles. The maximum absolute atomic E-state index is 7.01. The lowest BCUT2D eigenvalue weighted by molar-refractivity contribution is -0.00835. The first-order valence-electron chi connectivity index (χ1n) is 8.63. The van der Waals surface area contributed by atoms with E-state index in [1.807, 2.05) is 0 Å². The van der Waals surface area contributed by atoms with E-state index in [0.717, 1.165) is 31.7 Å². The van der Waals surface area contributed by atoms with Crippen LogP contribution in [0.15, 0.2) is 24.3 Å². The maximum Gasteiger partial charge on any atom is 0.193 e. The van der Waals surface area contributed by atoms with Crippen molar-refractivity contribution in [1.82, 2.24) is 4.90 Å². The van der Waals surface area contributed by atoms with Gasteiger partial charge in [0.25, 0.3) is 0 Å². The Kier molecular flexibility index (Phi) is 5.29. The average molecular weight is 336 g/mol. The molecule has 0 aromatic heterocycles. The topological polar surface area (TPSA) is 21.7 Å². The van der Waals surface area contributed by atoms with Gasteiger partial charge < -0.3 is 14.1 Å². The molecule has 0 bridgehead atoms. The van der Waals surface area contributed by atoms with Gasteiger partial charge in [-0.15, -0.1) is 0 Å². The van der Waals surface area contributed by atoms with E-state index in [1.54, 1.807) is 7.11 Å². The van der Waals surface area contributed by atoms with Crippen LogP contribution in [0.5, 0.6) is 5.75 Å². The molecular weight excluding hydrogens is 302 g/mol. The monoisotopic (exact) mass is 335 g/mol. The van der Waals surface area contributed by atoms with Gasteiger partial charge in [0.05, 0.1) is 12.7 Å². The summed E-state index contributed by atoms with van der Waals surface area (Å²) in [5.41, 5.74) is 1.15. The number of ether oxygens (including phenoxy) is 1. The fourth-order valence-electron chi connectivity index (χ4n) is 2.97. The first kappa shape index (κ1) is 18.5. The van der Waals surface area contributed by atoms with E-state index < -0.39 is 8.32 Å². The first-order chi connectivity index (χ1) is 10.6. The Morgan fingerprint density at radius 2 is 1.57 bits per heavy atom. The van der Waals surface area contributed by atoms with Crippen molar-refractivity contribution < 1.29 is 9.16 Å². The maximum atomic E-state index is 7.01. The van der Waals surface area contributed by atoms with Crippen LogP contribution in [0.25, 0.3) is 0 Å². The van der Waals surface area contributed by atoms with Gasteiger partial charge in [-0.2, -0.15) is 0 Å². The predicted molar refractivity (Wildman–Crippen MR) is 99.7 cm³/mol. The number of nitrogens with zero attached hydrogens (tertiary/aromatic N) is 1. The molecule has 4 heteroatoms. The van der Waals surface area contributed by atoms with Crippen molar-refractivity contribution in [2.75, 3.05) is 27.2 Å². The van der Waals surface area contributed by atoms with Gasteiger partial charge in [0.2, 0.25) is 0 Å². The van der Waals surface area contributed by atoms with Gasteiger partial charge in [0, 0.05) is 13.1 Å². The zero-order valence-corrected chi connectivity index (χ0v) is 16.9. The molecule has 0 atom stereocenters. The predicted octanol–water partition coefficient (Wildman–Crippen LogP) is 4.64. The molecule has 0 aliphatic carbocycles. The normalized spacial score (nSPS) is 19.6. The number of hydrogen-bond acceptors (Lipinski definition) is 3. The van der Waals surface area contributed by atoms with Crippen molar-refractivity contribution >= 4 is 8.32 Å². The number of rotatable bonds is 4. The minimum absolute atomic E-state index is 0.151. The summed E-state index contributed by atoms with van der Waals surface area (Å²) in [4.78, 5) is 2.40. The number of methoxy groups -OCH3 is 1. The first-order valence-corrected chi connectivity index (χ1v) is 11.5. The summed E-state index contributed by atoms with van der Waals surface area (Å²) in [6.45, 7) is 13.8. The molecule has 3 nitrogen and oxygen atoms in total. The summed E-state index contributed by atoms with van der Waals surface area (Å²) in [7, 11) is 2.07. The molecule has 1 aromatic carbocycles. The van der Waals surface area contributed by atoms with Crippen LogP contribution in [-0.4, -0.2) is 40.5 Å².